The van der Waals surface area contributed by atoms with Crippen LogP contribution in [0.5, 0.6) is 0 Å². The summed E-state index contributed by atoms with van der Waals surface area (Å²) in [5.74, 6) is 2.73. The summed E-state index contributed by atoms with van der Waals surface area (Å²) in [6.07, 6.45) is 10.3. The van der Waals surface area contributed by atoms with Crippen LogP contribution in [0.4, 0.5) is 0 Å². The molecule has 1 unspecified atom stereocenters. The summed E-state index contributed by atoms with van der Waals surface area (Å²) < 4.78 is 0. The Balaban J connectivity index is 2.17. The SMILES string of the molecule is C1=CC2CC[C](C1)C2. The van der Waals surface area contributed by atoms with E-state index in [0.29, 0.717) is 0 Å². The number of hydrogen-bond acceptors (Lipinski definition) is 0. The zero-order chi connectivity index (χ0) is 5.40. The highest BCUT2D eigenvalue weighted by atomic mass is 14.3. The third-order valence-corrected chi connectivity index (χ3v) is 2.23. The molecule has 0 heteroatoms. The van der Waals surface area contributed by atoms with Crippen LogP contribution in [0.2, 0.25) is 0 Å². The predicted molar refractivity (Wildman–Crippen MR) is 34.3 cm³/mol. The van der Waals surface area contributed by atoms with Crippen molar-refractivity contribution in [3.05, 3.63) is 18.1 Å². The Kier molecular flexibility index (Phi) is 0.927. The Bertz CT molecular complexity index is 113. The van der Waals surface area contributed by atoms with Gasteiger partial charge in [-0.3, -0.25) is 0 Å². The second-order valence-electron chi connectivity index (χ2n) is 2.89. The topological polar surface area (TPSA) is 0 Å². The van der Waals surface area contributed by atoms with Gasteiger partial charge in [0.1, 0.15) is 0 Å². The normalized spacial score (nSPS) is 36.2. The second kappa shape index (κ2) is 1.61. The van der Waals surface area contributed by atoms with Crippen LogP contribution in [0, 0.1) is 11.8 Å². The van der Waals surface area contributed by atoms with Crippen molar-refractivity contribution in [2.45, 2.75) is 25.7 Å². The Labute approximate surface area is 50.6 Å². The highest BCUT2D eigenvalue weighted by Gasteiger charge is 2.24. The fourth-order valence-corrected chi connectivity index (χ4v) is 1.74. The van der Waals surface area contributed by atoms with Gasteiger partial charge in [0, 0.05) is 0 Å². The first kappa shape index (κ1) is 4.60. The maximum absolute atomic E-state index is 2.39. The maximum atomic E-state index is 2.39. The van der Waals surface area contributed by atoms with Crippen LogP contribution in [0.25, 0.3) is 0 Å². The number of allylic oxidation sites excluding steroid dienone is 2. The standard InChI is InChI=1S/C8H11/c1-2-7-4-5-8(3-1)6-7/h1-2,7H,3-6H2. The summed E-state index contributed by atoms with van der Waals surface area (Å²) in [7, 11) is 0. The summed E-state index contributed by atoms with van der Waals surface area (Å²) in [6.45, 7) is 0. The van der Waals surface area contributed by atoms with E-state index in [1.54, 1.807) is 5.92 Å². The Morgan fingerprint density at radius 1 is 1.50 bits per heavy atom. The van der Waals surface area contributed by atoms with Crippen LogP contribution in [-0.4, -0.2) is 0 Å². The fraction of sp³-hybridized carbons (Fsp3) is 0.625. The van der Waals surface area contributed by atoms with Crippen LogP contribution in [0.15, 0.2) is 12.2 Å². The molecule has 1 radical (unpaired) electrons. The molecule has 1 atom stereocenters. The van der Waals surface area contributed by atoms with Crippen molar-refractivity contribution in [2.75, 3.05) is 0 Å². The van der Waals surface area contributed by atoms with Crippen molar-refractivity contribution in [3.63, 3.8) is 0 Å². The van der Waals surface area contributed by atoms with Crippen LogP contribution in [0.1, 0.15) is 25.7 Å². The van der Waals surface area contributed by atoms with Crippen LogP contribution in [-0.2, 0) is 0 Å². The average Bonchev–Trinajstić information content (AvgIpc) is 2.12. The van der Waals surface area contributed by atoms with E-state index < -0.39 is 0 Å². The first-order valence-electron chi connectivity index (χ1n) is 3.45. The minimum Gasteiger partial charge on any atom is -0.0877 e. The molecule has 1 fully saturated rings. The maximum Gasteiger partial charge on any atom is -0.0197 e. The van der Waals surface area contributed by atoms with Crippen molar-refractivity contribution in [1.82, 2.24) is 0 Å². The molecule has 1 saturated carbocycles. The molecule has 0 aromatic heterocycles. The highest BCUT2D eigenvalue weighted by Crippen LogP contribution is 2.39. The van der Waals surface area contributed by atoms with Gasteiger partial charge < -0.3 is 0 Å². The molecule has 0 N–H and O–H groups in total. The van der Waals surface area contributed by atoms with Gasteiger partial charge in [0.25, 0.3) is 0 Å². The van der Waals surface area contributed by atoms with Gasteiger partial charge in [0.2, 0.25) is 0 Å². The molecule has 0 saturated heterocycles. The van der Waals surface area contributed by atoms with E-state index in [1.807, 2.05) is 0 Å². The van der Waals surface area contributed by atoms with Gasteiger partial charge in [-0.2, -0.15) is 0 Å². The van der Waals surface area contributed by atoms with Crippen LogP contribution in [0.3, 0.4) is 0 Å². The van der Waals surface area contributed by atoms with E-state index in [2.05, 4.69) is 12.2 Å². The molecule has 0 aromatic rings. The number of rotatable bonds is 0. The lowest BCUT2D eigenvalue weighted by atomic mass is 9.96. The molecule has 8 heavy (non-hydrogen) atoms. The lowest BCUT2D eigenvalue weighted by molar-refractivity contribution is 0.670. The molecule has 0 heterocycles. The molecule has 0 aromatic carbocycles. The lowest BCUT2D eigenvalue weighted by Crippen LogP contribution is -1.95. The first-order chi connectivity index (χ1) is 3.95. The number of hydrogen-bond donors (Lipinski definition) is 0. The summed E-state index contributed by atoms with van der Waals surface area (Å²) in [6, 6.07) is 0. The van der Waals surface area contributed by atoms with E-state index in [-0.39, 0.29) is 0 Å². The molecule has 0 nitrogen and oxygen atoms in total. The summed E-state index contributed by atoms with van der Waals surface area (Å²) in [5, 5.41) is 0. The summed E-state index contributed by atoms with van der Waals surface area (Å²) >= 11 is 0. The van der Waals surface area contributed by atoms with Gasteiger partial charge in [-0.25, -0.2) is 0 Å². The second-order valence-corrected chi connectivity index (χ2v) is 2.89. The quantitative estimate of drug-likeness (QED) is 0.417. The molecular formula is C8H11. The van der Waals surface area contributed by atoms with Gasteiger partial charge in [0.15, 0.2) is 0 Å². The van der Waals surface area contributed by atoms with Crippen LogP contribution >= 0.6 is 0 Å². The van der Waals surface area contributed by atoms with Gasteiger partial charge in [-0.05, 0) is 37.5 Å². The molecule has 0 aliphatic heterocycles. The molecule has 2 rings (SSSR count). The van der Waals surface area contributed by atoms with E-state index >= 15 is 0 Å². The summed E-state index contributed by atoms with van der Waals surface area (Å²) in [5.41, 5.74) is 0. The average molecular weight is 107 g/mol. The minimum absolute atomic E-state index is 0.943. The van der Waals surface area contributed by atoms with Crippen LogP contribution < -0.4 is 0 Å². The Morgan fingerprint density at radius 2 is 2.50 bits per heavy atom. The van der Waals surface area contributed by atoms with E-state index in [0.717, 1.165) is 5.92 Å². The zero-order valence-corrected chi connectivity index (χ0v) is 5.06. The largest absolute Gasteiger partial charge is 0.0877 e. The molecule has 0 amide bonds. The highest BCUT2D eigenvalue weighted by molar-refractivity contribution is 5.13. The lowest BCUT2D eigenvalue weighted by Gasteiger charge is -2.09. The monoisotopic (exact) mass is 107 g/mol. The molecule has 2 bridgehead atoms. The van der Waals surface area contributed by atoms with Gasteiger partial charge >= 0.3 is 0 Å². The number of fused-ring (bicyclic) bond motifs is 2. The van der Waals surface area contributed by atoms with Crippen molar-refractivity contribution < 1.29 is 0 Å². The van der Waals surface area contributed by atoms with Gasteiger partial charge in [0.05, 0.1) is 0 Å². The minimum atomic E-state index is 0.943. The molecule has 2 aliphatic carbocycles. The first-order valence-corrected chi connectivity index (χ1v) is 3.45. The Morgan fingerprint density at radius 3 is 3.25 bits per heavy atom. The third kappa shape index (κ3) is 0.594. The van der Waals surface area contributed by atoms with Crippen molar-refractivity contribution >= 4 is 0 Å². The zero-order valence-electron chi connectivity index (χ0n) is 5.06. The summed E-state index contributed by atoms with van der Waals surface area (Å²) in [4.78, 5) is 0. The predicted octanol–water partition coefficient (Wildman–Crippen LogP) is 2.32. The Hall–Kier alpha value is -0.260. The smallest absolute Gasteiger partial charge is 0.0197 e. The van der Waals surface area contributed by atoms with Crippen molar-refractivity contribution in [3.8, 4) is 0 Å². The molecule has 43 valence electrons. The van der Waals surface area contributed by atoms with Crippen molar-refractivity contribution in [1.29, 1.82) is 0 Å². The van der Waals surface area contributed by atoms with Gasteiger partial charge in [-0.1, -0.05) is 12.2 Å². The van der Waals surface area contributed by atoms with Crippen molar-refractivity contribution in [2.24, 2.45) is 5.92 Å². The molecule has 2 aliphatic rings. The van der Waals surface area contributed by atoms with E-state index in [1.165, 1.54) is 25.7 Å². The molecular weight excluding hydrogens is 96.1 g/mol. The van der Waals surface area contributed by atoms with E-state index in [4.69, 9.17) is 0 Å². The molecule has 0 spiro atoms. The van der Waals surface area contributed by atoms with E-state index in [9.17, 15) is 0 Å². The fourth-order valence-electron chi connectivity index (χ4n) is 1.74. The third-order valence-electron chi connectivity index (χ3n) is 2.23. The van der Waals surface area contributed by atoms with Gasteiger partial charge in [-0.15, -0.1) is 0 Å².